The van der Waals surface area contributed by atoms with Gasteiger partial charge in [-0.15, -0.1) is 13.2 Å². The van der Waals surface area contributed by atoms with E-state index in [0.29, 0.717) is 22.4 Å². The Hall–Kier alpha value is -3.29. The van der Waals surface area contributed by atoms with Crippen LogP contribution in [0.5, 0.6) is 11.5 Å². The highest BCUT2D eigenvalue weighted by Crippen LogP contribution is 2.29. The summed E-state index contributed by atoms with van der Waals surface area (Å²) in [5.74, 6) is -1.45. The van der Waals surface area contributed by atoms with Crippen molar-refractivity contribution < 1.29 is 37.3 Å². The first-order chi connectivity index (χ1) is 13.8. The van der Waals surface area contributed by atoms with Crippen molar-refractivity contribution in [2.45, 2.75) is 39.7 Å². The first kappa shape index (κ1) is 23.0. The predicted octanol–water partition coefficient (Wildman–Crippen LogP) is 5.34. The maximum absolute atomic E-state index is 12.3. The van der Waals surface area contributed by atoms with Crippen molar-refractivity contribution in [3.05, 3.63) is 64.7 Å². The maximum Gasteiger partial charge on any atom is 0.573 e. The Balaban J connectivity index is 2.16. The Labute approximate surface area is 171 Å². The molecule has 0 radical (unpaired) electrons. The van der Waals surface area contributed by atoms with Crippen LogP contribution in [0.3, 0.4) is 0 Å². The predicted molar refractivity (Wildman–Crippen MR) is 105 cm³/mol. The average Bonchev–Trinajstić information content (AvgIpc) is 2.62. The van der Waals surface area contributed by atoms with E-state index in [2.05, 4.69) is 4.74 Å². The number of alkyl halides is 3. The Morgan fingerprint density at radius 3 is 1.97 bits per heavy atom. The number of carbonyl (C=O) groups excluding carboxylic acids is 1. The molecular weight excluding hydrogens is 401 g/mol. The number of carboxylic acid groups (broad SMARTS) is 1. The van der Waals surface area contributed by atoms with E-state index >= 15 is 0 Å². The molecule has 2 aromatic carbocycles. The molecule has 0 saturated heterocycles. The molecule has 1 N–H and O–H groups in total. The molecular formula is C22H21F3O5. The fraction of sp³-hybridized carbons (Fsp3) is 0.273. The Morgan fingerprint density at radius 1 is 0.967 bits per heavy atom. The number of carboxylic acids is 1. The molecule has 160 valence electrons. The van der Waals surface area contributed by atoms with Crippen LogP contribution in [-0.4, -0.2) is 28.8 Å². The monoisotopic (exact) mass is 422 g/mol. The molecule has 30 heavy (non-hydrogen) atoms. The van der Waals surface area contributed by atoms with Crippen molar-refractivity contribution in [1.82, 2.24) is 0 Å². The van der Waals surface area contributed by atoms with Crippen LogP contribution < -0.4 is 9.47 Å². The van der Waals surface area contributed by atoms with Gasteiger partial charge < -0.3 is 14.6 Å². The minimum Gasteiger partial charge on any atom is -0.478 e. The van der Waals surface area contributed by atoms with Gasteiger partial charge in [0.05, 0.1) is 0 Å². The second-order valence-corrected chi connectivity index (χ2v) is 7.17. The molecule has 0 aliphatic rings. The number of hydrogen-bond donors (Lipinski definition) is 1. The van der Waals surface area contributed by atoms with Gasteiger partial charge in [-0.2, -0.15) is 0 Å². The van der Waals surface area contributed by atoms with E-state index in [1.54, 1.807) is 32.1 Å². The quantitative estimate of drug-likeness (QED) is 0.482. The summed E-state index contributed by atoms with van der Waals surface area (Å²) in [6.07, 6.45) is -1.93. The van der Waals surface area contributed by atoms with Gasteiger partial charge in [0.15, 0.2) is 11.4 Å². The van der Waals surface area contributed by atoms with E-state index in [1.165, 1.54) is 32.1 Å². The number of ether oxygens (including phenoxy) is 2. The fourth-order valence-electron chi connectivity index (χ4n) is 2.63. The molecule has 0 spiro atoms. The third kappa shape index (κ3) is 6.10. The van der Waals surface area contributed by atoms with Crippen molar-refractivity contribution in [3.63, 3.8) is 0 Å². The van der Waals surface area contributed by atoms with Gasteiger partial charge in [0.1, 0.15) is 11.5 Å². The number of allylic oxidation sites excluding steroid dienone is 1. The van der Waals surface area contributed by atoms with Gasteiger partial charge in [-0.1, -0.05) is 6.08 Å². The largest absolute Gasteiger partial charge is 0.573 e. The summed E-state index contributed by atoms with van der Waals surface area (Å²) in [5, 5.41) is 9.23. The number of aliphatic carboxylic acids is 1. The van der Waals surface area contributed by atoms with Crippen LogP contribution >= 0.6 is 0 Å². The van der Waals surface area contributed by atoms with Gasteiger partial charge in [-0.25, -0.2) is 4.79 Å². The second-order valence-electron chi connectivity index (χ2n) is 7.17. The molecule has 0 aliphatic heterocycles. The summed E-state index contributed by atoms with van der Waals surface area (Å²) in [6.45, 7) is 6.43. The van der Waals surface area contributed by atoms with Crippen molar-refractivity contribution in [1.29, 1.82) is 0 Å². The SMILES string of the molecule is Cc1cc(C=CC(=O)c2ccc(OC(F)(F)F)cc2)cc(C)c1OC(C)(C)C(=O)O. The maximum atomic E-state index is 12.3. The molecule has 0 unspecified atom stereocenters. The fourth-order valence-corrected chi connectivity index (χ4v) is 2.63. The molecule has 0 aromatic heterocycles. The van der Waals surface area contributed by atoms with Crippen LogP contribution in [0.4, 0.5) is 13.2 Å². The number of benzene rings is 2. The number of carbonyl (C=O) groups is 2. The molecule has 0 atom stereocenters. The molecule has 2 aromatic rings. The van der Waals surface area contributed by atoms with Crippen LogP contribution in [-0.2, 0) is 4.79 Å². The molecule has 0 aliphatic carbocycles. The van der Waals surface area contributed by atoms with Crippen LogP contribution in [0, 0.1) is 13.8 Å². The molecule has 0 fully saturated rings. The Bertz CT molecular complexity index is 950. The molecule has 0 heterocycles. The number of hydrogen-bond acceptors (Lipinski definition) is 4. The van der Waals surface area contributed by atoms with Crippen LogP contribution in [0.15, 0.2) is 42.5 Å². The van der Waals surface area contributed by atoms with Crippen molar-refractivity contribution >= 4 is 17.8 Å². The zero-order valence-electron chi connectivity index (χ0n) is 16.8. The van der Waals surface area contributed by atoms with Crippen LogP contribution in [0.25, 0.3) is 6.08 Å². The number of ketones is 1. The summed E-state index contributed by atoms with van der Waals surface area (Å²) in [6, 6.07) is 8.11. The summed E-state index contributed by atoms with van der Waals surface area (Å²) >= 11 is 0. The molecule has 2 rings (SSSR count). The Kier molecular flexibility index (Phi) is 6.60. The molecule has 5 nitrogen and oxygen atoms in total. The van der Waals surface area contributed by atoms with Gasteiger partial charge in [-0.05, 0) is 86.9 Å². The lowest BCUT2D eigenvalue weighted by Crippen LogP contribution is -2.38. The van der Waals surface area contributed by atoms with Crippen LogP contribution in [0.2, 0.25) is 0 Å². The topological polar surface area (TPSA) is 72.8 Å². The lowest BCUT2D eigenvalue weighted by atomic mass is 10.0. The van der Waals surface area contributed by atoms with Crippen molar-refractivity contribution in [2.75, 3.05) is 0 Å². The summed E-state index contributed by atoms with van der Waals surface area (Å²) in [5.41, 5.74) is 0.897. The summed E-state index contributed by atoms with van der Waals surface area (Å²) in [4.78, 5) is 23.6. The number of halogens is 3. The van der Waals surface area contributed by atoms with Gasteiger partial charge in [0, 0.05) is 5.56 Å². The van der Waals surface area contributed by atoms with Crippen molar-refractivity contribution in [3.8, 4) is 11.5 Å². The van der Waals surface area contributed by atoms with Gasteiger partial charge >= 0.3 is 12.3 Å². The first-order valence-electron chi connectivity index (χ1n) is 8.90. The normalized spacial score (nSPS) is 12.1. The van der Waals surface area contributed by atoms with Gasteiger partial charge in [0.2, 0.25) is 0 Å². The third-order valence-electron chi connectivity index (χ3n) is 4.15. The highest BCUT2D eigenvalue weighted by Gasteiger charge is 2.31. The van der Waals surface area contributed by atoms with Crippen LogP contribution in [0.1, 0.15) is 40.9 Å². The van der Waals surface area contributed by atoms with E-state index in [0.717, 1.165) is 12.1 Å². The Morgan fingerprint density at radius 2 is 1.50 bits per heavy atom. The molecule has 0 bridgehead atoms. The van der Waals surface area contributed by atoms with E-state index in [1.807, 2.05) is 0 Å². The second kappa shape index (κ2) is 8.61. The highest BCUT2D eigenvalue weighted by molar-refractivity contribution is 6.06. The van der Waals surface area contributed by atoms with E-state index in [-0.39, 0.29) is 5.56 Å². The standard InChI is InChI=1S/C22H21F3O5/c1-13-11-15(12-14(2)19(13)30-21(3,4)20(27)28)5-10-18(26)16-6-8-17(9-7-16)29-22(23,24)25/h5-12H,1-4H3,(H,27,28). The lowest BCUT2D eigenvalue weighted by molar-refractivity contribution is -0.274. The summed E-state index contributed by atoms with van der Waals surface area (Å²) in [7, 11) is 0. The summed E-state index contributed by atoms with van der Waals surface area (Å²) < 4.78 is 46.0. The smallest absolute Gasteiger partial charge is 0.478 e. The van der Waals surface area contributed by atoms with Crippen molar-refractivity contribution in [2.24, 2.45) is 0 Å². The number of aryl methyl sites for hydroxylation is 2. The number of rotatable bonds is 7. The average molecular weight is 422 g/mol. The van der Waals surface area contributed by atoms with E-state index in [9.17, 15) is 27.9 Å². The third-order valence-corrected chi connectivity index (χ3v) is 4.15. The molecule has 8 heteroatoms. The first-order valence-corrected chi connectivity index (χ1v) is 8.90. The van der Waals surface area contributed by atoms with Gasteiger partial charge in [0.25, 0.3) is 0 Å². The highest BCUT2D eigenvalue weighted by atomic mass is 19.4. The minimum atomic E-state index is -4.79. The lowest BCUT2D eigenvalue weighted by Gasteiger charge is -2.24. The van der Waals surface area contributed by atoms with E-state index in [4.69, 9.17) is 4.74 Å². The zero-order valence-corrected chi connectivity index (χ0v) is 16.8. The molecule has 0 amide bonds. The zero-order chi connectivity index (χ0) is 22.7. The molecule has 0 saturated carbocycles. The van der Waals surface area contributed by atoms with E-state index < -0.39 is 29.5 Å². The minimum absolute atomic E-state index is 0.206. The van der Waals surface area contributed by atoms with Gasteiger partial charge in [-0.3, -0.25) is 4.79 Å².